The van der Waals surface area contributed by atoms with Gasteiger partial charge in [-0.25, -0.2) is 4.39 Å². The van der Waals surface area contributed by atoms with Gasteiger partial charge in [0.05, 0.1) is 11.6 Å². The van der Waals surface area contributed by atoms with Crippen LogP contribution < -0.4 is 11.1 Å². The zero-order valence-electron chi connectivity index (χ0n) is 9.73. The summed E-state index contributed by atoms with van der Waals surface area (Å²) in [7, 11) is 0. The maximum Gasteiger partial charge on any atom is 0.240 e. The van der Waals surface area contributed by atoms with Crippen LogP contribution in [-0.2, 0) is 4.79 Å². The number of carbonyl (C=O) groups excluding carboxylic acids is 1. The Bertz CT molecular complexity index is 438. The van der Waals surface area contributed by atoms with Crippen LogP contribution in [0.15, 0.2) is 24.3 Å². The number of halogens is 2. The molecule has 1 aliphatic carbocycles. The van der Waals surface area contributed by atoms with Crippen molar-refractivity contribution in [3.05, 3.63) is 35.6 Å². The molecule has 0 radical (unpaired) electrons. The van der Waals surface area contributed by atoms with Crippen LogP contribution in [0.2, 0.25) is 0 Å². The molecule has 1 unspecified atom stereocenters. The number of rotatable bonds is 4. The van der Waals surface area contributed by atoms with E-state index in [1.54, 1.807) is 6.07 Å². The van der Waals surface area contributed by atoms with Crippen molar-refractivity contribution < 1.29 is 14.3 Å². The molecule has 1 atom stereocenters. The standard InChI is InChI=1S/C12H15FN2O2.ClH/c13-9-3-1-2-8(6-9)10(16)7-15-11(17)12(14)4-5-12;/h1-3,6,10,16H,4-5,7,14H2,(H,15,17);1H. The first-order valence-electron chi connectivity index (χ1n) is 5.52. The maximum absolute atomic E-state index is 12.9. The van der Waals surface area contributed by atoms with Gasteiger partial charge in [-0.2, -0.15) is 0 Å². The first-order chi connectivity index (χ1) is 8.01. The second-order valence-electron chi connectivity index (χ2n) is 4.44. The van der Waals surface area contributed by atoms with Crippen molar-refractivity contribution in [2.45, 2.75) is 24.5 Å². The van der Waals surface area contributed by atoms with E-state index in [0.29, 0.717) is 18.4 Å². The van der Waals surface area contributed by atoms with E-state index in [-0.39, 0.29) is 24.9 Å². The van der Waals surface area contributed by atoms with E-state index >= 15 is 0 Å². The van der Waals surface area contributed by atoms with Gasteiger partial charge in [0.15, 0.2) is 0 Å². The molecule has 1 aromatic carbocycles. The molecule has 4 nitrogen and oxygen atoms in total. The lowest BCUT2D eigenvalue weighted by molar-refractivity contribution is -0.123. The average molecular weight is 275 g/mol. The topological polar surface area (TPSA) is 75.4 Å². The van der Waals surface area contributed by atoms with Crippen LogP contribution in [0.25, 0.3) is 0 Å². The smallest absolute Gasteiger partial charge is 0.240 e. The Morgan fingerprint density at radius 2 is 2.22 bits per heavy atom. The molecule has 0 aliphatic heterocycles. The summed E-state index contributed by atoms with van der Waals surface area (Å²) in [5.41, 5.74) is 5.37. The fourth-order valence-electron chi connectivity index (χ4n) is 1.56. The Labute approximate surface area is 111 Å². The van der Waals surface area contributed by atoms with Crippen molar-refractivity contribution in [3.63, 3.8) is 0 Å². The van der Waals surface area contributed by atoms with Gasteiger partial charge < -0.3 is 16.2 Å². The molecule has 2 rings (SSSR count). The average Bonchev–Trinajstić information content (AvgIpc) is 3.05. The van der Waals surface area contributed by atoms with Crippen molar-refractivity contribution in [2.75, 3.05) is 6.54 Å². The molecule has 0 bridgehead atoms. The van der Waals surface area contributed by atoms with Crippen LogP contribution in [0.4, 0.5) is 4.39 Å². The zero-order chi connectivity index (χ0) is 12.5. The monoisotopic (exact) mass is 274 g/mol. The van der Waals surface area contributed by atoms with Gasteiger partial charge in [0, 0.05) is 6.54 Å². The normalized spacial score (nSPS) is 17.5. The summed E-state index contributed by atoms with van der Waals surface area (Å²) in [6.07, 6.45) is 0.432. The van der Waals surface area contributed by atoms with E-state index in [4.69, 9.17) is 5.73 Å². The molecule has 18 heavy (non-hydrogen) atoms. The lowest BCUT2D eigenvalue weighted by atomic mass is 10.1. The van der Waals surface area contributed by atoms with Crippen LogP contribution in [0.5, 0.6) is 0 Å². The number of carbonyl (C=O) groups is 1. The van der Waals surface area contributed by atoms with Gasteiger partial charge >= 0.3 is 0 Å². The van der Waals surface area contributed by atoms with Crippen LogP contribution in [-0.4, -0.2) is 23.1 Å². The molecule has 6 heteroatoms. The van der Waals surface area contributed by atoms with Crippen LogP contribution in [0.3, 0.4) is 0 Å². The van der Waals surface area contributed by atoms with Crippen molar-refractivity contribution in [2.24, 2.45) is 5.73 Å². The second-order valence-corrected chi connectivity index (χ2v) is 4.44. The van der Waals surface area contributed by atoms with E-state index in [1.165, 1.54) is 18.2 Å². The first-order valence-corrected chi connectivity index (χ1v) is 5.52. The first kappa shape index (κ1) is 14.9. The molecule has 0 saturated heterocycles. The highest BCUT2D eigenvalue weighted by Crippen LogP contribution is 2.32. The molecule has 4 N–H and O–H groups in total. The van der Waals surface area contributed by atoms with Gasteiger partial charge in [0.2, 0.25) is 5.91 Å². The highest BCUT2D eigenvalue weighted by molar-refractivity contribution is 5.88. The van der Waals surface area contributed by atoms with Crippen LogP contribution in [0, 0.1) is 5.82 Å². The van der Waals surface area contributed by atoms with Gasteiger partial charge in [0.25, 0.3) is 0 Å². The third kappa shape index (κ3) is 3.41. The summed E-state index contributed by atoms with van der Waals surface area (Å²) >= 11 is 0. The summed E-state index contributed by atoms with van der Waals surface area (Å²) in [6, 6.07) is 5.66. The minimum atomic E-state index is -0.919. The number of hydrogen-bond donors (Lipinski definition) is 3. The Balaban J connectivity index is 0.00000162. The van der Waals surface area contributed by atoms with Crippen molar-refractivity contribution >= 4 is 18.3 Å². The predicted molar refractivity (Wildman–Crippen MR) is 67.8 cm³/mol. The van der Waals surface area contributed by atoms with E-state index in [9.17, 15) is 14.3 Å². The Morgan fingerprint density at radius 3 is 2.78 bits per heavy atom. The highest BCUT2D eigenvalue weighted by Gasteiger charge is 2.45. The van der Waals surface area contributed by atoms with Crippen molar-refractivity contribution in [3.8, 4) is 0 Å². The molecule has 0 aromatic heterocycles. The minimum Gasteiger partial charge on any atom is -0.387 e. The molecule has 1 fully saturated rings. The van der Waals surface area contributed by atoms with Gasteiger partial charge in [-0.15, -0.1) is 12.4 Å². The lowest BCUT2D eigenvalue weighted by Crippen LogP contribution is -2.44. The fraction of sp³-hybridized carbons (Fsp3) is 0.417. The van der Waals surface area contributed by atoms with Crippen LogP contribution in [0.1, 0.15) is 24.5 Å². The Kier molecular flexibility index (Phi) is 4.67. The molecule has 1 saturated carbocycles. The van der Waals surface area contributed by atoms with Crippen molar-refractivity contribution in [1.82, 2.24) is 5.32 Å². The molecular weight excluding hydrogens is 259 g/mol. The van der Waals surface area contributed by atoms with Gasteiger partial charge in [0.1, 0.15) is 5.82 Å². The quantitative estimate of drug-likeness (QED) is 0.763. The molecule has 0 spiro atoms. The van der Waals surface area contributed by atoms with Gasteiger partial charge in [-0.1, -0.05) is 12.1 Å². The lowest BCUT2D eigenvalue weighted by Gasteiger charge is -2.14. The summed E-state index contributed by atoms with van der Waals surface area (Å²) in [5.74, 6) is -0.668. The SMILES string of the molecule is Cl.NC1(C(=O)NCC(O)c2cccc(F)c2)CC1. The fourth-order valence-corrected chi connectivity index (χ4v) is 1.56. The molecule has 100 valence electrons. The maximum atomic E-state index is 12.9. The molecule has 1 aliphatic rings. The Hall–Kier alpha value is -1.17. The predicted octanol–water partition coefficient (Wildman–Crippen LogP) is 0.888. The number of aliphatic hydroxyl groups is 1. The highest BCUT2D eigenvalue weighted by atomic mass is 35.5. The molecule has 0 heterocycles. The van der Waals surface area contributed by atoms with Crippen molar-refractivity contribution in [1.29, 1.82) is 0 Å². The summed E-state index contributed by atoms with van der Waals surface area (Å²) < 4.78 is 12.9. The third-order valence-electron chi connectivity index (χ3n) is 2.93. The van der Waals surface area contributed by atoms with E-state index < -0.39 is 17.5 Å². The summed E-state index contributed by atoms with van der Waals surface area (Å²) in [4.78, 5) is 11.5. The van der Waals surface area contributed by atoms with E-state index in [2.05, 4.69) is 5.32 Å². The van der Waals surface area contributed by atoms with Gasteiger partial charge in [-0.05, 0) is 30.5 Å². The second kappa shape index (κ2) is 5.65. The third-order valence-corrected chi connectivity index (χ3v) is 2.93. The minimum absolute atomic E-state index is 0. The zero-order valence-corrected chi connectivity index (χ0v) is 10.5. The number of benzene rings is 1. The molecule has 1 amide bonds. The Morgan fingerprint density at radius 1 is 1.56 bits per heavy atom. The number of nitrogens with one attached hydrogen (secondary N) is 1. The summed E-state index contributed by atoms with van der Waals surface area (Å²) in [5, 5.41) is 12.3. The van der Waals surface area contributed by atoms with E-state index in [0.717, 1.165) is 0 Å². The largest absolute Gasteiger partial charge is 0.387 e. The van der Waals surface area contributed by atoms with E-state index in [1.807, 2.05) is 0 Å². The number of hydrogen-bond acceptors (Lipinski definition) is 3. The molecular formula is C12H16ClFN2O2. The number of aliphatic hydroxyl groups excluding tert-OH is 1. The van der Waals surface area contributed by atoms with Crippen LogP contribution >= 0.6 is 12.4 Å². The summed E-state index contributed by atoms with van der Waals surface area (Å²) in [6.45, 7) is 0.0429. The number of amides is 1. The number of nitrogens with two attached hydrogens (primary N) is 1. The van der Waals surface area contributed by atoms with Gasteiger partial charge in [-0.3, -0.25) is 4.79 Å². The molecule has 1 aromatic rings.